The summed E-state index contributed by atoms with van der Waals surface area (Å²) in [6, 6.07) is 12.5. The molecule has 2 aromatic carbocycles. The number of alkyl halides is 3. The van der Waals surface area contributed by atoms with Gasteiger partial charge in [-0.05, 0) is 24.6 Å². The van der Waals surface area contributed by atoms with Crippen LogP contribution >= 0.6 is 11.3 Å². The van der Waals surface area contributed by atoms with E-state index in [0.29, 0.717) is 5.69 Å². The van der Waals surface area contributed by atoms with Crippen LogP contribution in [-0.2, 0) is 12.7 Å². The fourth-order valence-electron chi connectivity index (χ4n) is 2.52. The zero-order valence-corrected chi connectivity index (χ0v) is 14.6. The lowest BCUT2D eigenvalue weighted by molar-refractivity contribution is -0.137. The lowest BCUT2D eigenvalue weighted by Gasteiger charge is -2.12. The van der Waals surface area contributed by atoms with E-state index in [2.05, 4.69) is 10.3 Å². The molecule has 0 aliphatic carbocycles. The first kappa shape index (κ1) is 18.1. The summed E-state index contributed by atoms with van der Waals surface area (Å²) in [4.78, 5) is 16.6. The van der Waals surface area contributed by atoms with E-state index in [0.717, 1.165) is 28.3 Å². The highest BCUT2D eigenvalue weighted by Crippen LogP contribution is 2.32. The maximum Gasteiger partial charge on any atom is 0.417 e. The minimum absolute atomic E-state index is 0.0629. The molecule has 0 spiro atoms. The summed E-state index contributed by atoms with van der Waals surface area (Å²) in [5.41, 5.74) is 1.34. The Kier molecular flexibility index (Phi) is 5.08. The van der Waals surface area contributed by atoms with Crippen LogP contribution in [-0.4, -0.2) is 10.9 Å². The number of benzene rings is 2. The molecular formula is C19H15F3N2OS. The summed E-state index contributed by atoms with van der Waals surface area (Å²) in [5.74, 6) is -0.775. The van der Waals surface area contributed by atoms with Gasteiger partial charge in [-0.3, -0.25) is 4.79 Å². The molecule has 0 bridgehead atoms. The second kappa shape index (κ2) is 7.29. The number of aryl methyl sites for hydroxylation is 1. The van der Waals surface area contributed by atoms with Crippen LogP contribution in [0, 0.1) is 6.92 Å². The highest BCUT2D eigenvalue weighted by molar-refractivity contribution is 7.13. The number of thiazole rings is 1. The first-order valence-electron chi connectivity index (χ1n) is 7.81. The van der Waals surface area contributed by atoms with Crippen molar-refractivity contribution in [1.82, 2.24) is 10.3 Å². The first-order valence-corrected chi connectivity index (χ1v) is 8.69. The fourth-order valence-corrected chi connectivity index (χ4v) is 3.43. The first-order chi connectivity index (χ1) is 12.4. The lowest BCUT2D eigenvalue weighted by Crippen LogP contribution is -2.26. The molecular weight excluding hydrogens is 361 g/mol. The predicted octanol–water partition coefficient (Wildman–Crippen LogP) is 5.07. The number of amides is 1. The van der Waals surface area contributed by atoms with E-state index in [-0.39, 0.29) is 6.54 Å². The Balaban J connectivity index is 1.73. The van der Waals surface area contributed by atoms with Gasteiger partial charge in [0.15, 0.2) is 0 Å². The van der Waals surface area contributed by atoms with Crippen molar-refractivity contribution in [1.29, 1.82) is 0 Å². The van der Waals surface area contributed by atoms with Crippen molar-refractivity contribution in [3.63, 3.8) is 0 Å². The Morgan fingerprint density at radius 1 is 1.12 bits per heavy atom. The number of nitrogens with one attached hydrogen (secondary N) is 1. The molecule has 134 valence electrons. The third-order valence-corrected chi connectivity index (χ3v) is 4.76. The van der Waals surface area contributed by atoms with Gasteiger partial charge in [0.05, 0.1) is 23.4 Å². The van der Waals surface area contributed by atoms with Crippen molar-refractivity contribution < 1.29 is 18.0 Å². The molecule has 1 aromatic heterocycles. The fraction of sp³-hybridized carbons (Fsp3) is 0.158. The molecule has 0 aliphatic heterocycles. The van der Waals surface area contributed by atoms with Gasteiger partial charge >= 0.3 is 6.18 Å². The second-order valence-corrected chi connectivity index (χ2v) is 6.54. The summed E-state index contributed by atoms with van der Waals surface area (Å²) in [6.45, 7) is 2.04. The number of aromatic nitrogens is 1. The van der Waals surface area contributed by atoms with Crippen molar-refractivity contribution >= 4 is 17.2 Å². The normalized spacial score (nSPS) is 11.4. The molecule has 1 N–H and O–H groups in total. The highest BCUT2D eigenvalue weighted by atomic mass is 32.1. The maximum absolute atomic E-state index is 13.0. The summed E-state index contributed by atoms with van der Waals surface area (Å²) in [7, 11) is 0. The van der Waals surface area contributed by atoms with E-state index in [4.69, 9.17) is 0 Å². The van der Waals surface area contributed by atoms with Crippen LogP contribution in [0.2, 0.25) is 0 Å². The monoisotopic (exact) mass is 376 g/mol. The van der Waals surface area contributed by atoms with Gasteiger partial charge in [0.25, 0.3) is 5.91 Å². The van der Waals surface area contributed by atoms with E-state index in [1.165, 1.54) is 23.5 Å². The SMILES string of the molecule is Cc1ccccc1-c1nc(CNC(=O)c2ccccc2C(F)(F)F)cs1. The van der Waals surface area contributed by atoms with Gasteiger partial charge in [-0.1, -0.05) is 36.4 Å². The van der Waals surface area contributed by atoms with Crippen molar-refractivity contribution in [2.24, 2.45) is 0 Å². The van der Waals surface area contributed by atoms with Gasteiger partial charge in [0, 0.05) is 10.9 Å². The Hall–Kier alpha value is -2.67. The number of rotatable bonds is 4. The molecule has 3 nitrogen and oxygen atoms in total. The molecule has 0 aliphatic rings. The molecule has 26 heavy (non-hydrogen) atoms. The Labute approximate surface area is 152 Å². The van der Waals surface area contributed by atoms with E-state index in [9.17, 15) is 18.0 Å². The number of nitrogens with zero attached hydrogens (tertiary/aromatic N) is 1. The average Bonchev–Trinajstić information content (AvgIpc) is 3.08. The summed E-state index contributed by atoms with van der Waals surface area (Å²) in [6.07, 6.45) is -4.58. The lowest BCUT2D eigenvalue weighted by atomic mass is 10.1. The molecule has 0 unspecified atom stereocenters. The zero-order chi connectivity index (χ0) is 18.7. The van der Waals surface area contributed by atoms with E-state index >= 15 is 0 Å². The van der Waals surface area contributed by atoms with Crippen LogP contribution in [0.4, 0.5) is 13.2 Å². The van der Waals surface area contributed by atoms with Crippen LogP contribution in [0.3, 0.4) is 0 Å². The van der Waals surface area contributed by atoms with Crippen molar-refractivity contribution in [3.8, 4) is 10.6 Å². The Bertz CT molecular complexity index is 934. The van der Waals surface area contributed by atoms with E-state index in [1.54, 1.807) is 5.38 Å². The van der Waals surface area contributed by atoms with Crippen LogP contribution in [0.5, 0.6) is 0 Å². The maximum atomic E-state index is 13.0. The molecule has 0 fully saturated rings. The summed E-state index contributed by atoms with van der Waals surface area (Å²) in [5, 5.41) is 5.11. The summed E-state index contributed by atoms with van der Waals surface area (Å²) >= 11 is 1.43. The number of hydrogen-bond acceptors (Lipinski definition) is 3. The van der Waals surface area contributed by atoms with E-state index in [1.807, 2.05) is 31.2 Å². The van der Waals surface area contributed by atoms with Crippen LogP contribution in [0.1, 0.15) is 27.2 Å². The molecule has 0 saturated carbocycles. The Morgan fingerprint density at radius 3 is 2.54 bits per heavy atom. The molecule has 7 heteroatoms. The van der Waals surface area contributed by atoms with Crippen LogP contribution in [0.25, 0.3) is 10.6 Å². The largest absolute Gasteiger partial charge is 0.417 e. The Morgan fingerprint density at radius 2 is 1.81 bits per heavy atom. The minimum Gasteiger partial charge on any atom is -0.346 e. The van der Waals surface area contributed by atoms with Crippen molar-refractivity contribution in [2.75, 3.05) is 0 Å². The third kappa shape index (κ3) is 3.94. The molecule has 1 amide bonds. The van der Waals surface area contributed by atoms with Crippen LogP contribution in [0.15, 0.2) is 53.9 Å². The van der Waals surface area contributed by atoms with Crippen molar-refractivity contribution in [2.45, 2.75) is 19.6 Å². The van der Waals surface area contributed by atoms with Gasteiger partial charge in [-0.15, -0.1) is 11.3 Å². The molecule has 0 radical (unpaired) electrons. The molecule has 0 saturated heterocycles. The van der Waals surface area contributed by atoms with Gasteiger partial charge in [-0.25, -0.2) is 4.98 Å². The highest BCUT2D eigenvalue weighted by Gasteiger charge is 2.34. The van der Waals surface area contributed by atoms with Gasteiger partial charge in [0.1, 0.15) is 5.01 Å². The van der Waals surface area contributed by atoms with Gasteiger partial charge in [-0.2, -0.15) is 13.2 Å². The second-order valence-electron chi connectivity index (χ2n) is 5.68. The smallest absolute Gasteiger partial charge is 0.346 e. The third-order valence-electron chi connectivity index (χ3n) is 3.83. The predicted molar refractivity (Wildman–Crippen MR) is 94.9 cm³/mol. The molecule has 3 rings (SSSR count). The number of carbonyl (C=O) groups excluding carboxylic acids is 1. The van der Waals surface area contributed by atoms with Crippen molar-refractivity contribution in [3.05, 3.63) is 76.3 Å². The summed E-state index contributed by atoms with van der Waals surface area (Å²) < 4.78 is 39.0. The molecule has 3 aromatic rings. The number of halogens is 3. The topological polar surface area (TPSA) is 42.0 Å². The van der Waals surface area contributed by atoms with Gasteiger partial charge in [0.2, 0.25) is 0 Å². The molecule has 0 atom stereocenters. The standard InChI is InChI=1S/C19H15F3N2OS/c1-12-6-2-3-7-14(12)18-24-13(11-26-18)10-23-17(25)15-8-4-5-9-16(15)19(20,21)22/h2-9,11H,10H2,1H3,(H,23,25). The van der Waals surface area contributed by atoms with Gasteiger partial charge < -0.3 is 5.32 Å². The zero-order valence-electron chi connectivity index (χ0n) is 13.8. The van der Waals surface area contributed by atoms with E-state index < -0.39 is 23.2 Å². The average molecular weight is 376 g/mol. The number of carbonyl (C=O) groups is 1. The molecule has 1 heterocycles. The minimum atomic E-state index is -4.58. The number of hydrogen-bond donors (Lipinski definition) is 1. The quantitative estimate of drug-likeness (QED) is 0.691. The van der Waals surface area contributed by atoms with Crippen LogP contribution < -0.4 is 5.32 Å².